The van der Waals surface area contributed by atoms with Gasteiger partial charge in [-0.3, -0.25) is 0 Å². The van der Waals surface area contributed by atoms with E-state index in [0.717, 1.165) is 28.6 Å². The van der Waals surface area contributed by atoms with Gasteiger partial charge in [0.05, 0.1) is 10.5 Å². The van der Waals surface area contributed by atoms with Gasteiger partial charge < -0.3 is 5.32 Å². The second-order valence-electron chi connectivity index (χ2n) is 3.82. The fraction of sp³-hybridized carbons (Fsp3) is 0.167. The number of hydrogen-bond acceptors (Lipinski definition) is 4. The van der Waals surface area contributed by atoms with Crippen LogP contribution in [0.5, 0.6) is 0 Å². The number of aromatic nitrogens is 3. The van der Waals surface area contributed by atoms with Crippen molar-refractivity contribution in [3.05, 3.63) is 46.0 Å². The molecule has 0 aromatic carbocycles. The average Bonchev–Trinajstić information content (AvgIpc) is 2.98. The Labute approximate surface area is 113 Å². The van der Waals surface area contributed by atoms with E-state index in [4.69, 9.17) is 11.6 Å². The monoisotopic (exact) mass is 278 g/mol. The Bertz CT molecular complexity index is 661. The molecule has 0 spiro atoms. The molecule has 0 aliphatic rings. The Morgan fingerprint density at radius 1 is 1.28 bits per heavy atom. The predicted octanol–water partition coefficient (Wildman–Crippen LogP) is 3.10. The molecule has 18 heavy (non-hydrogen) atoms. The number of nitrogens with zero attached hydrogens (tertiary/aromatic N) is 3. The molecular weight excluding hydrogens is 268 g/mol. The molecule has 3 aromatic heterocycles. The number of rotatable bonds is 4. The molecule has 0 atom stereocenters. The molecule has 0 fully saturated rings. The molecule has 0 aliphatic heterocycles. The number of hydrogen-bond donors (Lipinski definition) is 1. The Hall–Kier alpha value is -1.59. The minimum Gasteiger partial charge on any atom is -0.368 e. The molecule has 4 nitrogen and oxygen atoms in total. The molecule has 0 aliphatic carbocycles. The second kappa shape index (κ2) is 4.96. The first-order valence-corrected chi connectivity index (χ1v) is 6.79. The highest BCUT2D eigenvalue weighted by Gasteiger charge is 2.03. The summed E-state index contributed by atoms with van der Waals surface area (Å²) in [7, 11) is 0. The molecule has 3 rings (SSSR count). The number of halogens is 1. The molecule has 6 heteroatoms. The van der Waals surface area contributed by atoms with Crippen molar-refractivity contribution in [2.45, 2.75) is 6.42 Å². The van der Waals surface area contributed by atoms with E-state index in [1.807, 2.05) is 18.3 Å². The van der Waals surface area contributed by atoms with E-state index in [2.05, 4.69) is 21.5 Å². The Morgan fingerprint density at radius 2 is 2.22 bits per heavy atom. The molecule has 3 aromatic rings. The zero-order chi connectivity index (χ0) is 12.4. The molecular formula is C12H11ClN4S. The van der Waals surface area contributed by atoms with E-state index in [1.54, 1.807) is 28.2 Å². The van der Waals surface area contributed by atoms with E-state index in [1.165, 1.54) is 4.88 Å². The summed E-state index contributed by atoms with van der Waals surface area (Å²) in [5, 5.41) is 7.49. The van der Waals surface area contributed by atoms with Crippen LogP contribution >= 0.6 is 22.9 Å². The van der Waals surface area contributed by atoms with Crippen molar-refractivity contribution >= 4 is 34.3 Å². The summed E-state index contributed by atoms with van der Waals surface area (Å²) in [6, 6.07) is 5.93. The van der Waals surface area contributed by atoms with Crippen LogP contribution in [0.2, 0.25) is 4.34 Å². The van der Waals surface area contributed by atoms with Gasteiger partial charge in [-0.15, -0.1) is 11.3 Å². The lowest BCUT2D eigenvalue weighted by Gasteiger charge is -2.05. The van der Waals surface area contributed by atoms with Gasteiger partial charge in [-0.2, -0.15) is 5.10 Å². The van der Waals surface area contributed by atoms with Crippen LogP contribution in [0.1, 0.15) is 4.88 Å². The number of anilines is 1. The topological polar surface area (TPSA) is 42.2 Å². The summed E-state index contributed by atoms with van der Waals surface area (Å²) in [5.41, 5.74) is 0.988. The van der Waals surface area contributed by atoms with Crippen LogP contribution < -0.4 is 5.32 Å². The van der Waals surface area contributed by atoms with E-state index in [0.29, 0.717) is 0 Å². The first-order valence-electron chi connectivity index (χ1n) is 5.59. The van der Waals surface area contributed by atoms with Gasteiger partial charge in [-0.05, 0) is 24.6 Å². The van der Waals surface area contributed by atoms with Crippen molar-refractivity contribution in [1.82, 2.24) is 14.6 Å². The molecule has 92 valence electrons. The molecule has 0 saturated carbocycles. The summed E-state index contributed by atoms with van der Waals surface area (Å²) in [6.45, 7) is 0.828. The second-order valence-corrected chi connectivity index (χ2v) is 5.62. The van der Waals surface area contributed by atoms with Crippen molar-refractivity contribution in [1.29, 1.82) is 0 Å². The molecule has 3 heterocycles. The Morgan fingerprint density at radius 3 is 3.06 bits per heavy atom. The summed E-state index contributed by atoms with van der Waals surface area (Å²) >= 11 is 7.51. The lowest BCUT2D eigenvalue weighted by molar-refractivity contribution is 0.939. The molecule has 0 saturated heterocycles. The first-order chi connectivity index (χ1) is 8.83. The van der Waals surface area contributed by atoms with Crippen molar-refractivity contribution in [2.75, 3.05) is 11.9 Å². The zero-order valence-corrected chi connectivity index (χ0v) is 11.1. The van der Waals surface area contributed by atoms with Crippen molar-refractivity contribution in [2.24, 2.45) is 0 Å². The highest BCUT2D eigenvalue weighted by Crippen LogP contribution is 2.22. The molecule has 0 radical (unpaired) electrons. The van der Waals surface area contributed by atoms with Gasteiger partial charge in [-0.1, -0.05) is 11.6 Å². The lowest BCUT2D eigenvalue weighted by atomic mass is 10.3. The third-order valence-electron chi connectivity index (χ3n) is 2.62. The molecule has 1 N–H and O–H groups in total. The first kappa shape index (κ1) is 11.5. The fourth-order valence-electron chi connectivity index (χ4n) is 1.78. The maximum absolute atomic E-state index is 5.89. The normalized spacial score (nSPS) is 10.9. The largest absolute Gasteiger partial charge is 0.368 e. The van der Waals surface area contributed by atoms with Crippen LogP contribution in [0.4, 0.5) is 5.82 Å². The summed E-state index contributed by atoms with van der Waals surface area (Å²) < 4.78 is 2.64. The average molecular weight is 279 g/mol. The predicted molar refractivity (Wildman–Crippen MR) is 74.5 cm³/mol. The SMILES string of the molecule is Clc1ccc(CCNc2nccn3nccc23)s1. The lowest BCUT2D eigenvalue weighted by Crippen LogP contribution is -2.06. The molecule has 0 bridgehead atoms. The maximum Gasteiger partial charge on any atom is 0.152 e. The van der Waals surface area contributed by atoms with Crippen molar-refractivity contribution in [3.8, 4) is 0 Å². The van der Waals surface area contributed by atoms with Gasteiger partial charge in [0.1, 0.15) is 5.52 Å². The number of fused-ring (bicyclic) bond motifs is 1. The maximum atomic E-state index is 5.89. The van der Waals surface area contributed by atoms with Crippen LogP contribution in [-0.2, 0) is 6.42 Å². The minimum absolute atomic E-state index is 0.828. The van der Waals surface area contributed by atoms with Crippen LogP contribution in [0.15, 0.2) is 36.8 Å². The standard InChI is InChI=1S/C12H11ClN4S/c13-11-2-1-9(18-11)3-5-14-12-10-4-6-16-17(10)8-7-15-12/h1-2,4,6-8H,3,5H2,(H,14,15). The Balaban J connectivity index is 1.68. The minimum atomic E-state index is 0.828. The van der Waals surface area contributed by atoms with Crippen LogP contribution in [-0.4, -0.2) is 21.1 Å². The highest BCUT2D eigenvalue weighted by molar-refractivity contribution is 7.16. The summed E-state index contributed by atoms with van der Waals surface area (Å²) in [5.74, 6) is 0.859. The van der Waals surface area contributed by atoms with Gasteiger partial charge in [0, 0.05) is 23.8 Å². The van der Waals surface area contributed by atoms with Gasteiger partial charge in [-0.25, -0.2) is 9.50 Å². The van der Waals surface area contributed by atoms with Crippen LogP contribution in [0.3, 0.4) is 0 Å². The molecule has 0 unspecified atom stereocenters. The van der Waals surface area contributed by atoms with E-state index in [-0.39, 0.29) is 0 Å². The fourth-order valence-corrected chi connectivity index (χ4v) is 2.87. The van der Waals surface area contributed by atoms with Crippen LogP contribution in [0, 0.1) is 0 Å². The van der Waals surface area contributed by atoms with E-state index >= 15 is 0 Å². The number of thiophene rings is 1. The molecule has 0 amide bonds. The number of nitrogens with one attached hydrogen (secondary N) is 1. The van der Waals surface area contributed by atoms with Gasteiger partial charge in [0.25, 0.3) is 0 Å². The van der Waals surface area contributed by atoms with Gasteiger partial charge in [0.2, 0.25) is 0 Å². The highest BCUT2D eigenvalue weighted by atomic mass is 35.5. The van der Waals surface area contributed by atoms with E-state index in [9.17, 15) is 0 Å². The van der Waals surface area contributed by atoms with Crippen molar-refractivity contribution < 1.29 is 0 Å². The van der Waals surface area contributed by atoms with Crippen molar-refractivity contribution in [3.63, 3.8) is 0 Å². The van der Waals surface area contributed by atoms with Gasteiger partial charge >= 0.3 is 0 Å². The summed E-state index contributed by atoms with van der Waals surface area (Å²) in [6.07, 6.45) is 6.28. The third kappa shape index (κ3) is 2.32. The Kier molecular flexibility index (Phi) is 3.17. The van der Waals surface area contributed by atoms with Crippen LogP contribution in [0.25, 0.3) is 5.52 Å². The smallest absolute Gasteiger partial charge is 0.152 e. The summed E-state index contributed by atoms with van der Waals surface area (Å²) in [4.78, 5) is 5.59. The van der Waals surface area contributed by atoms with E-state index < -0.39 is 0 Å². The van der Waals surface area contributed by atoms with Gasteiger partial charge in [0.15, 0.2) is 5.82 Å². The quantitative estimate of drug-likeness (QED) is 0.797. The zero-order valence-electron chi connectivity index (χ0n) is 9.51. The third-order valence-corrected chi connectivity index (χ3v) is 3.91.